The molecule has 0 radical (unpaired) electrons. The number of halogens is 1. The Morgan fingerprint density at radius 3 is 2.25 bits per heavy atom. The van der Waals surface area contributed by atoms with Crippen LogP contribution in [0, 0.1) is 0 Å². The second-order valence-corrected chi connectivity index (χ2v) is 5.19. The van der Waals surface area contributed by atoms with Gasteiger partial charge < -0.3 is 9.47 Å². The summed E-state index contributed by atoms with van der Waals surface area (Å²) in [7, 11) is 3.32. The summed E-state index contributed by atoms with van der Waals surface area (Å²) in [4.78, 5) is 0. The van der Waals surface area contributed by atoms with Gasteiger partial charge in [-0.25, -0.2) is 0 Å². The molecule has 1 rings (SSSR count). The molecule has 0 atom stereocenters. The lowest BCUT2D eigenvalue weighted by molar-refractivity contribution is 0.353. The standard InChI is InChI=1S/C13H19BrO2/c1-13(2,7-8-14)10-5-6-11(15-3)12(9-10)16-4/h5-6,9H,7-8H2,1-4H3. The molecule has 16 heavy (non-hydrogen) atoms. The van der Waals surface area contributed by atoms with Crippen molar-refractivity contribution in [1.29, 1.82) is 0 Å². The van der Waals surface area contributed by atoms with Gasteiger partial charge in [0.05, 0.1) is 14.2 Å². The molecule has 0 unspecified atom stereocenters. The molecule has 2 nitrogen and oxygen atoms in total. The van der Waals surface area contributed by atoms with E-state index < -0.39 is 0 Å². The minimum atomic E-state index is 0.142. The molecular weight excluding hydrogens is 268 g/mol. The maximum Gasteiger partial charge on any atom is 0.161 e. The van der Waals surface area contributed by atoms with E-state index in [-0.39, 0.29) is 5.41 Å². The van der Waals surface area contributed by atoms with E-state index in [1.807, 2.05) is 6.07 Å². The lowest BCUT2D eigenvalue weighted by Gasteiger charge is -2.25. The molecule has 1 aromatic rings. The molecule has 3 heteroatoms. The molecule has 0 aliphatic heterocycles. The number of hydrogen-bond acceptors (Lipinski definition) is 2. The summed E-state index contributed by atoms with van der Waals surface area (Å²) in [6, 6.07) is 6.12. The zero-order valence-electron chi connectivity index (χ0n) is 10.3. The van der Waals surface area contributed by atoms with E-state index in [4.69, 9.17) is 9.47 Å². The van der Waals surface area contributed by atoms with E-state index in [9.17, 15) is 0 Å². The van der Waals surface area contributed by atoms with Gasteiger partial charge in [-0.3, -0.25) is 0 Å². The Hall–Kier alpha value is -0.700. The van der Waals surface area contributed by atoms with Gasteiger partial charge in [0.15, 0.2) is 11.5 Å². The van der Waals surface area contributed by atoms with Crippen LogP contribution in [0.3, 0.4) is 0 Å². The molecule has 90 valence electrons. The maximum atomic E-state index is 5.31. The second-order valence-electron chi connectivity index (χ2n) is 4.39. The molecule has 0 saturated heterocycles. The quantitative estimate of drug-likeness (QED) is 0.768. The SMILES string of the molecule is COc1ccc(C(C)(C)CCBr)cc1OC. The highest BCUT2D eigenvalue weighted by Gasteiger charge is 2.21. The Kier molecular flexibility index (Phi) is 4.66. The fraction of sp³-hybridized carbons (Fsp3) is 0.538. The van der Waals surface area contributed by atoms with Crippen LogP contribution < -0.4 is 9.47 Å². The van der Waals surface area contributed by atoms with Gasteiger partial charge in [-0.05, 0) is 29.5 Å². The molecular formula is C13H19BrO2. The van der Waals surface area contributed by atoms with E-state index in [0.29, 0.717) is 0 Å². The zero-order valence-corrected chi connectivity index (χ0v) is 11.9. The molecule has 0 fully saturated rings. The minimum absolute atomic E-state index is 0.142. The van der Waals surface area contributed by atoms with Crippen molar-refractivity contribution in [1.82, 2.24) is 0 Å². The summed E-state index contributed by atoms with van der Waals surface area (Å²) in [5.74, 6) is 1.57. The van der Waals surface area contributed by atoms with Crippen LogP contribution in [-0.4, -0.2) is 19.5 Å². The third-order valence-electron chi connectivity index (χ3n) is 2.88. The molecule has 0 aliphatic rings. The number of alkyl halides is 1. The Morgan fingerprint density at radius 1 is 1.12 bits per heavy atom. The summed E-state index contributed by atoms with van der Waals surface area (Å²) in [5, 5.41) is 0.994. The van der Waals surface area contributed by atoms with Crippen molar-refractivity contribution in [2.75, 3.05) is 19.5 Å². The fourth-order valence-electron chi connectivity index (χ4n) is 1.64. The van der Waals surface area contributed by atoms with Crippen molar-refractivity contribution < 1.29 is 9.47 Å². The lowest BCUT2D eigenvalue weighted by atomic mass is 9.82. The van der Waals surface area contributed by atoms with E-state index in [0.717, 1.165) is 23.2 Å². The third-order valence-corrected chi connectivity index (χ3v) is 3.28. The second kappa shape index (κ2) is 5.58. The first kappa shape index (κ1) is 13.4. The van der Waals surface area contributed by atoms with Gasteiger partial charge in [0, 0.05) is 5.33 Å². The molecule has 1 aromatic carbocycles. The summed E-state index contributed by atoms with van der Waals surface area (Å²) in [6.07, 6.45) is 1.09. The summed E-state index contributed by atoms with van der Waals surface area (Å²) in [6.45, 7) is 4.46. The van der Waals surface area contributed by atoms with Crippen LogP contribution in [0.15, 0.2) is 18.2 Å². The first-order chi connectivity index (χ1) is 7.55. The Bertz CT molecular complexity index is 348. The van der Waals surface area contributed by atoms with E-state index in [1.165, 1.54) is 5.56 Å². The van der Waals surface area contributed by atoms with Crippen LogP contribution in [0.25, 0.3) is 0 Å². The maximum absolute atomic E-state index is 5.31. The number of hydrogen-bond donors (Lipinski definition) is 0. The summed E-state index contributed by atoms with van der Waals surface area (Å²) in [5.41, 5.74) is 1.41. The highest BCUT2D eigenvalue weighted by atomic mass is 79.9. The zero-order chi connectivity index (χ0) is 12.2. The molecule has 0 amide bonds. The van der Waals surface area contributed by atoms with E-state index in [2.05, 4.69) is 41.9 Å². The van der Waals surface area contributed by atoms with Crippen LogP contribution in [0.1, 0.15) is 25.8 Å². The van der Waals surface area contributed by atoms with Gasteiger partial charge in [-0.15, -0.1) is 0 Å². The molecule has 0 heterocycles. The van der Waals surface area contributed by atoms with Crippen molar-refractivity contribution in [2.45, 2.75) is 25.7 Å². The molecule has 0 aliphatic carbocycles. The predicted molar refractivity (Wildman–Crippen MR) is 71.0 cm³/mol. The monoisotopic (exact) mass is 286 g/mol. The largest absolute Gasteiger partial charge is 0.493 e. The molecule has 0 saturated carbocycles. The van der Waals surface area contributed by atoms with Crippen LogP contribution in [-0.2, 0) is 5.41 Å². The topological polar surface area (TPSA) is 18.5 Å². The molecule has 0 spiro atoms. The fourth-order valence-corrected chi connectivity index (χ4v) is 2.63. The molecule has 0 aromatic heterocycles. The minimum Gasteiger partial charge on any atom is -0.493 e. The van der Waals surface area contributed by atoms with Gasteiger partial charge in [-0.1, -0.05) is 35.8 Å². The van der Waals surface area contributed by atoms with Gasteiger partial charge in [0.2, 0.25) is 0 Å². The van der Waals surface area contributed by atoms with Crippen molar-refractivity contribution in [3.63, 3.8) is 0 Å². The average Bonchev–Trinajstić information content (AvgIpc) is 2.28. The third kappa shape index (κ3) is 2.91. The van der Waals surface area contributed by atoms with E-state index in [1.54, 1.807) is 14.2 Å². The highest BCUT2D eigenvalue weighted by Crippen LogP contribution is 2.34. The normalized spacial score (nSPS) is 11.3. The van der Waals surface area contributed by atoms with Crippen molar-refractivity contribution in [3.05, 3.63) is 23.8 Å². The van der Waals surface area contributed by atoms with Crippen LogP contribution in [0.4, 0.5) is 0 Å². The number of ether oxygens (including phenoxy) is 2. The smallest absolute Gasteiger partial charge is 0.161 e. The molecule has 0 N–H and O–H groups in total. The van der Waals surface area contributed by atoms with Crippen molar-refractivity contribution >= 4 is 15.9 Å². The van der Waals surface area contributed by atoms with Gasteiger partial charge in [-0.2, -0.15) is 0 Å². The highest BCUT2D eigenvalue weighted by molar-refractivity contribution is 9.09. The Morgan fingerprint density at radius 2 is 1.75 bits per heavy atom. The lowest BCUT2D eigenvalue weighted by Crippen LogP contribution is -2.17. The van der Waals surface area contributed by atoms with E-state index >= 15 is 0 Å². The van der Waals surface area contributed by atoms with Gasteiger partial charge in [0.25, 0.3) is 0 Å². The summed E-state index contributed by atoms with van der Waals surface area (Å²) < 4.78 is 10.5. The van der Waals surface area contributed by atoms with Gasteiger partial charge in [0.1, 0.15) is 0 Å². The van der Waals surface area contributed by atoms with Crippen LogP contribution >= 0.6 is 15.9 Å². The predicted octanol–water partition coefficient (Wildman–Crippen LogP) is 3.77. The van der Waals surface area contributed by atoms with Crippen LogP contribution in [0.2, 0.25) is 0 Å². The Labute approximate surface area is 106 Å². The number of rotatable bonds is 5. The number of benzene rings is 1. The number of methoxy groups -OCH3 is 2. The van der Waals surface area contributed by atoms with Crippen LogP contribution in [0.5, 0.6) is 11.5 Å². The first-order valence-corrected chi connectivity index (χ1v) is 6.46. The average molecular weight is 287 g/mol. The molecule has 0 bridgehead atoms. The Balaban J connectivity index is 3.07. The first-order valence-electron chi connectivity index (χ1n) is 5.33. The summed E-state index contributed by atoms with van der Waals surface area (Å²) >= 11 is 3.49. The van der Waals surface area contributed by atoms with Crippen molar-refractivity contribution in [2.24, 2.45) is 0 Å². The van der Waals surface area contributed by atoms with Gasteiger partial charge >= 0.3 is 0 Å². The van der Waals surface area contributed by atoms with Crippen molar-refractivity contribution in [3.8, 4) is 11.5 Å².